The van der Waals surface area contributed by atoms with Crippen molar-refractivity contribution in [1.29, 1.82) is 0 Å². The molecule has 156 valence electrons. The number of carbonyl (C=O) groups excluding carboxylic acids is 1. The number of hydrogen-bond donors (Lipinski definition) is 2. The highest BCUT2D eigenvalue weighted by Gasteiger charge is 2.13. The lowest BCUT2D eigenvalue weighted by atomic mass is 10.1. The summed E-state index contributed by atoms with van der Waals surface area (Å²) in [5.74, 6) is -0.841. The lowest BCUT2D eigenvalue weighted by Gasteiger charge is -2.14. The van der Waals surface area contributed by atoms with Gasteiger partial charge in [0.15, 0.2) is 9.84 Å². The highest BCUT2D eigenvalue weighted by atomic mass is 32.2. The summed E-state index contributed by atoms with van der Waals surface area (Å²) in [6.45, 7) is 2.45. The van der Waals surface area contributed by atoms with Crippen LogP contribution in [0.5, 0.6) is 5.75 Å². The van der Waals surface area contributed by atoms with Crippen LogP contribution >= 0.6 is 0 Å². The summed E-state index contributed by atoms with van der Waals surface area (Å²) in [7, 11) is -3.15. The number of anilines is 1. The topological polar surface area (TPSA) is 110 Å². The number of benzene rings is 2. The molecule has 0 fully saturated rings. The molecule has 7 nitrogen and oxygen atoms in total. The molecule has 0 bridgehead atoms. The van der Waals surface area contributed by atoms with Crippen LogP contribution in [0.3, 0.4) is 0 Å². The van der Waals surface area contributed by atoms with E-state index in [1.807, 2.05) is 6.92 Å². The molecule has 0 aromatic heterocycles. The van der Waals surface area contributed by atoms with Gasteiger partial charge in [0.25, 0.3) is 5.91 Å². The Morgan fingerprint density at radius 3 is 2.31 bits per heavy atom. The second-order valence-corrected chi connectivity index (χ2v) is 8.93. The zero-order valence-corrected chi connectivity index (χ0v) is 17.3. The number of rotatable bonds is 10. The average molecular weight is 419 g/mol. The SMILES string of the molecule is CCCOc1ccc(CCC(=O)O)cc1NC(=O)c1ccc(CS(C)(=O)=O)cc1. The van der Waals surface area contributed by atoms with Crippen LogP contribution in [-0.2, 0) is 26.8 Å². The summed E-state index contributed by atoms with van der Waals surface area (Å²) < 4.78 is 28.4. The van der Waals surface area contributed by atoms with Gasteiger partial charge in [0.2, 0.25) is 0 Å². The predicted molar refractivity (Wildman–Crippen MR) is 111 cm³/mol. The third-order valence-electron chi connectivity index (χ3n) is 4.03. The van der Waals surface area contributed by atoms with Crippen molar-refractivity contribution in [3.8, 4) is 5.75 Å². The summed E-state index contributed by atoms with van der Waals surface area (Å²) in [6, 6.07) is 11.6. The van der Waals surface area contributed by atoms with E-state index in [0.29, 0.717) is 35.6 Å². The molecule has 0 aliphatic rings. The van der Waals surface area contributed by atoms with Gasteiger partial charge in [0, 0.05) is 18.2 Å². The van der Waals surface area contributed by atoms with E-state index in [9.17, 15) is 18.0 Å². The molecule has 0 spiro atoms. The van der Waals surface area contributed by atoms with Crippen molar-refractivity contribution in [2.24, 2.45) is 0 Å². The normalized spacial score (nSPS) is 11.1. The number of nitrogens with one attached hydrogen (secondary N) is 1. The van der Waals surface area contributed by atoms with Crippen LogP contribution in [-0.4, -0.2) is 38.3 Å². The fraction of sp³-hybridized carbons (Fsp3) is 0.333. The molecule has 2 aromatic carbocycles. The number of carboxylic acid groups (broad SMARTS) is 1. The van der Waals surface area contributed by atoms with Crippen LogP contribution < -0.4 is 10.1 Å². The van der Waals surface area contributed by atoms with Gasteiger partial charge in [-0.3, -0.25) is 9.59 Å². The van der Waals surface area contributed by atoms with Gasteiger partial charge in [0.05, 0.1) is 18.0 Å². The minimum Gasteiger partial charge on any atom is -0.491 e. The quantitative estimate of drug-likeness (QED) is 0.611. The number of carbonyl (C=O) groups is 2. The summed E-state index contributed by atoms with van der Waals surface area (Å²) >= 11 is 0. The molecule has 2 aromatic rings. The van der Waals surface area contributed by atoms with E-state index >= 15 is 0 Å². The molecule has 0 heterocycles. The molecule has 29 heavy (non-hydrogen) atoms. The molecule has 2 N–H and O–H groups in total. The Kier molecular flexibility index (Phi) is 7.78. The zero-order valence-electron chi connectivity index (χ0n) is 16.5. The second kappa shape index (κ2) is 10.1. The lowest BCUT2D eigenvalue weighted by molar-refractivity contribution is -0.136. The molecule has 0 aliphatic heterocycles. The van der Waals surface area contributed by atoms with Gasteiger partial charge < -0.3 is 15.2 Å². The predicted octanol–water partition coefficient (Wildman–Crippen LogP) is 3.29. The van der Waals surface area contributed by atoms with Crippen molar-refractivity contribution in [3.63, 3.8) is 0 Å². The number of amides is 1. The second-order valence-electron chi connectivity index (χ2n) is 6.79. The van der Waals surface area contributed by atoms with Gasteiger partial charge >= 0.3 is 5.97 Å². The van der Waals surface area contributed by atoms with Crippen molar-refractivity contribution in [2.45, 2.75) is 31.9 Å². The van der Waals surface area contributed by atoms with Crippen molar-refractivity contribution in [2.75, 3.05) is 18.2 Å². The van der Waals surface area contributed by atoms with E-state index in [2.05, 4.69) is 5.32 Å². The lowest BCUT2D eigenvalue weighted by Crippen LogP contribution is -2.14. The fourth-order valence-electron chi connectivity index (χ4n) is 2.67. The molecule has 0 saturated heterocycles. The van der Waals surface area contributed by atoms with Crippen LogP contribution in [0, 0.1) is 0 Å². The molecule has 2 rings (SSSR count). The van der Waals surface area contributed by atoms with Crippen LogP contribution in [0.25, 0.3) is 0 Å². The number of ether oxygens (including phenoxy) is 1. The maximum absolute atomic E-state index is 12.6. The highest BCUT2D eigenvalue weighted by Crippen LogP contribution is 2.27. The fourth-order valence-corrected chi connectivity index (χ4v) is 3.47. The molecule has 0 atom stereocenters. The van der Waals surface area contributed by atoms with E-state index in [1.54, 1.807) is 42.5 Å². The number of sulfone groups is 1. The van der Waals surface area contributed by atoms with Gasteiger partial charge in [-0.2, -0.15) is 0 Å². The van der Waals surface area contributed by atoms with E-state index in [0.717, 1.165) is 18.2 Å². The Morgan fingerprint density at radius 2 is 1.72 bits per heavy atom. The largest absolute Gasteiger partial charge is 0.491 e. The molecule has 0 saturated carbocycles. The highest BCUT2D eigenvalue weighted by molar-refractivity contribution is 7.89. The van der Waals surface area contributed by atoms with E-state index in [4.69, 9.17) is 9.84 Å². The van der Waals surface area contributed by atoms with Crippen LogP contribution in [0.4, 0.5) is 5.69 Å². The number of aryl methyl sites for hydroxylation is 1. The van der Waals surface area contributed by atoms with Crippen molar-refractivity contribution in [1.82, 2.24) is 0 Å². The molecule has 0 aliphatic carbocycles. The van der Waals surface area contributed by atoms with Crippen molar-refractivity contribution in [3.05, 3.63) is 59.2 Å². The molecule has 0 radical (unpaired) electrons. The summed E-state index contributed by atoms with van der Waals surface area (Å²) in [6.07, 6.45) is 2.29. The molecule has 0 unspecified atom stereocenters. The summed E-state index contributed by atoms with van der Waals surface area (Å²) in [4.78, 5) is 23.4. The third kappa shape index (κ3) is 7.57. The van der Waals surface area contributed by atoms with Crippen molar-refractivity contribution >= 4 is 27.4 Å². The summed E-state index contributed by atoms with van der Waals surface area (Å²) in [5, 5.41) is 11.7. The third-order valence-corrected chi connectivity index (χ3v) is 4.88. The molecular weight excluding hydrogens is 394 g/mol. The average Bonchev–Trinajstić information content (AvgIpc) is 2.64. The van der Waals surface area contributed by atoms with Crippen LogP contribution in [0.1, 0.15) is 41.3 Å². The van der Waals surface area contributed by atoms with E-state index in [-0.39, 0.29) is 18.1 Å². The van der Waals surface area contributed by atoms with Crippen molar-refractivity contribution < 1.29 is 27.9 Å². The Balaban J connectivity index is 2.19. The molecule has 1 amide bonds. The first-order valence-electron chi connectivity index (χ1n) is 9.23. The first-order valence-corrected chi connectivity index (χ1v) is 11.3. The van der Waals surface area contributed by atoms with Gasteiger partial charge in [0.1, 0.15) is 5.75 Å². The zero-order chi connectivity index (χ0) is 21.4. The Labute approximate surface area is 170 Å². The van der Waals surface area contributed by atoms with Gasteiger partial charge in [-0.05, 0) is 48.2 Å². The minimum absolute atomic E-state index is 0.00957. The Bertz CT molecular complexity index is 967. The monoisotopic (exact) mass is 419 g/mol. The van der Waals surface area contributed by atoms with Crippen LogP contribution in [0.15, 0.2) is 42.5 Å². The molecule has 8 heteroatoms. The maximum atomic E-state index is 12.6. The van der Waals surface area contributed by atoms with E-state index < -0.39 is 15.8 Å². The first kappa shape index (κ1) is 22.4. The number of carboxylic acids is 1. The minimum atomic E-state index is -3.15. The first-order chi connectivity index (χ1) is 13.7. The van der Waals surface area contributed by atoms with Gasteiger partial charge in [-0.25, -0.2) is 8.42 Å². The number of aliphatic carboxylic acids is 1. The van der Waals surface area contributed by atoms with Gasteiger partial charge in [-0.1, -0.05) is 25.1 Å². The summed E-state index contributed by atoms with van der Waals surface area (Å²) in [5.41, 5.74) is 2.22. The Hall–Kier alpha value is -2.87. The van der Waals surface area contributed by atoms with E-state index in [1.165, 1.54) is 0 Å². The maximum Gasteiger partial charge on any atom is 0.303 e. The smallest absolute Gasteiger partial charge is 0.303 e. The standard InChI is InChI=1S/C21H25NO6S/c1-3-12-28-19-10-6-15(7-11-20(23)24)13-18(19)22-21(25)17-8-4-16(5-9-17)14-29(2,26)27/h4-6,8-10,13H,3,7,11-12,14H2,1-2H3,(H,22,25)(H,23,24). The number of hydrogen-bond acceptors (Lipinski definition) is 5. The van der Waals surface area contributed by atoms with Gasteiger partial charge in [-0.15, -0.1) is 0 Å². The molecular formula is C21H25NO6S. The van der Waals surface area contributed by atoms with Crippen LogP contribution in [0.2, 0.25) is 0 Å². The Morgan fingerprint density at radius 1 is 1.07 bits per heavy atom.